The highest BCUT2D eigenvalue weighted by molar-refractivity contribution is 6.11. The van der Waals surface area contributed by atoms with E-state index in [4.69, 9.17) is 5.26 Å². The zero-order chi connectivity index (χ0) is 20.1. The van der Waals surface area contributed by atoms with E-state index in [-0.39, 0.29) is 16.8 Å². The van der Waals surface area contributed by atoms with Crippen molar-refractivity contribution < 1.29 is 23.1 Å². The zero-order valence-corrected chi connectivity index (χ0v) is 14.6. The van der Waals surface area contributed by atoms with E-state index in [1.54, 1.807) is 32.0 Å². The number of hydrogen-bond donors (Lipinski definition) is 1. The number of carbonyl (C=O) groups excluding carboxylic acids is 1. The second kappa shape index (κ2) is 5.96. The predicted octanol–water partition coefficient (Wildman–Crippen LogP) is 3.92. The molecule has 27 heavy (non-hydrogen) atoms. The van der Waals surface area contributed by atoms with Crippen LogP contribution in [0.5, 0.6) is 0 Å². The molecule has 0 aromatic heterocycles. The molecule has 1 aliphatic heterocycles. The molecule has 1 unspecified atom stereocenters. The summed E-state index contributed by atoms with van der Waals surface area (Å²) < 4.78 is 41.3. The third-order valence-corrected chi connectivity index (χ3v) is 4.66. The maximum atomic E-state index is 13.8. The molecule has 1 heterocycles. The van der Waals surface area contributed by atoms with Crippen molar-refractivity contribution in [3.05, 3.63) is 76.5 Å². The Labute approximate surface area is 153 Å². The first-order valence-corrected chi connectivity index (χ1v) is 7.97. The van der Waals surface area contributed by atoms with Crippen LogP contribution < -0.4 is 4.90 Å². The van der Waals surface area contributed by atoms with Gasteiger partial charge in [0.1, 0.15) is 0 Å². The molecule has 0 saturated carbocycles. The van der Waals surface area contributed by atoms with Crippen LogP contribution in [-0.2, 0) is 16.6 Å². The number of aryl methyl sites for hydroxylation is 2. The first kappa shape index (κ1) is 18.7. The number of benzene rings is 2. The summed E-state index contributed by atoms with van der Waals surface area (Å²) in [5.41, 5.74) is -3.47. The number of hydrogen-bond acceptors (Lipinski definition) is 3. The van der Waals surface area contributed by atoms with Gasteiger partial charge >= 0.3 is 6.18 Å². The Hall–Kier alpha value is -3.11. The lowest BCUT2D eigenvalue weighted by molar-refractivity contribution is -0.142. The molecule has 7 heteroatoms. The quantitative estimate of drug-likeness (QED) is 0.869. The molecule has 2 aromatic rings. The fourth-order valence-electron chi connectivity index (χ4n) is 3.53. The highest BCUT2D eigenvalue weighted by Crippen LogP contribution is 2.51. The van der Waals surface area contributed by atoms with Crippen LogP contribution in [0.15, 0.2) is 43.1 Å². The van der Waals surface area contributed by atoms with E-state index < -0.39 is 28.8 Å². The van der Waals surface area contributed by atoms with E-state index in [0.29, 0.717) is 11.6 Å². The van der Waals surface area contributed by atoms with Gasteiger partial charge in [-0.2, -0.15) is 18.4 Å². The van der Waals surface area contributed by atoms with Gasteiger partial charge in [-0.3, -0.25) is 9.69 Å². The van der Waals surface area contributed by atoms with Gasteiger partial charge in [-0.15, -0.1) is 0 Å². The number of alkyl halides is 3. The SMILES string of the molecule is C=CN1C(=O)C(O)(c2ccc(C)cc2C)c2c1cc(C#N)cc2C(F)(F)F. The van der Waals surface area contributed by atoms with Crippen molar-refractivity contribution in [2.24, 2.45) is 0 Å². The molecule has 3 rings (SSSR count). The molecule has 0 saturated heterocycles. The minimum absolute atomic E-state index is 0.0545. The van der Waals surface area contributed by atoms with Crippen LogP contribution in [0.25, 0.3) is 0 Å². The summed E-state index contributed by atoms with van der Waals surface area (Å²) in [4.78, 5) is 13.8. The number of anilines is 1. The Bertz CT molecular complexity index is 1020. The Morgan fingerprint density at radius 3 is 2.44 bits per heavy atom. The number of fused-ring (bicyclic) bond motifs is 1. The van der Waals surface area contributed by atoms with Gasteiger partial charge in [0.2, 0.25) is 0 Å². The first-order valence-electron chi connectivity index (χ1n) is 7.97. The van der Waals surface area contributed by atoms with Crippen LogP contribution >= 0.6 is 0 Å². The second-order valence-corrected chi connectivity index (χ2v) is 6.41. The van der Waals surface area contributed by atoms with Crippen LogP contribution in [0.2, 0.25) is 0 Å². The first-order chi connectivity index (χ1) is 12.6. The normalized spacial score (nSPS) is 19.0. The average molecular weight is 372 g/mol. The third-order valence-electron chi connectivity index (χ3n) is 4.66. The standard InChI is InChI=1S/C20H15F3N2O2/c1-4-25-16-9-13(10-24)8-15(20(21,22)23)17(16)19(27,18(25)26)14-6-5-11(2)7-12(14)3/h4-9,27H,1H2,2-3H3. The van der Waals surface area contributed by atoms with E-state index in [1.165, 1.54) is 6.07 Å². The predicted molar refractivity (Wildman–Crippen MR) is 92.8 cm³/mol. The number of nitrogens with zero attached hydrogens (tertiary/aromatic N) is 2. The summed E-state index contributed by atoms with van der Waals surface area (Å²) in [7, 11) is 0. The summed E-state index contributed by atoms with van der Waals surface area (Å²) in [6.07, 6.45) is -3.84. The fourth-order valence-corrected chi connectivity index (χ4v) is 3.53. The van der Waals surface area contributed by atoms with E-state index in [1.807, 2.05) is 0 Å². The second-order valence-electron chi connectivity index (χ2n) is 6.41. The molecule has 0 spiro atoms. The van der Waals surface area contributed by atoms with Crippen molar-refractivity contribution in [2.45, 2.75) is 25.6 Å². The minimum atomic E-state index is -4.87. The monoisotopic (exact) mass is 372 g/mol. The molecule has 0 bridgehead atoms. The fraction of sp³-hybridized carbons (Fsp3) is 0.200. The molecule has 1 N–H and O–H groups in total. The Balaban J connectivity index is 2.47. The molecule has 0 aliphatic carbocycles. The van der Waals surface area contributed by atoms with E-state index in [0.717, 1.165) is 22.7 Å². The van der Waals surface area contributed by atoms with Crippen molar-refractivity contribution in [1.82, 2.24) is 0 Å². The molecule has 138 valence electrons. The van der Waals surface area contributed by atoms with Gasteiger partial charge < -0.3 is 5.11 Å². The van der Waals surface area contributed by atoms with Crippen molar-refractivity contribution in [1.29, 1.82) is 5.26 Å². The molecular formula is C20H15F3N2O2. The average Bonchev–Trinajstić information content (AvgIpc) is 2.81. The largest absolute Gasteiger partial charge is 0.416 e. The summed E-state index contributed by atoms with van der Waals surface area (Å²) in [6, 6.07) is 8.18. The van der Waals surface area contributed by atoms with E-state index in [9.17, 15) is 23.1 Å². The minimum Gasteiger partial charge on any atom is -0.372 e. The van der Waals surface area contributed by atoms with Gasteiger partial charge in [-0.05, 0) is 31.5 Å². The third kappa shape index (κ3) is 2.61. The summed E-state index contributed by atoms with van der Waals surface area (Å²) in [5, 5.41) is 20.4. The molecule has 4 nitrogen and oxygen atoms in total. The molecular weight excluding hydrogens is 357 g/mol. The van der Waals surface area contributed by atoms with E-state index >= 15 is 0 Å². The molecule has 0 radical (unpaired) electrons. The number of halogens is 3. The summed E-state index contributed by atoms with van der Waals surface area (Å²) in [5.74, 6) is -0.972. The van der Waals surface area contributed by atoms with Gasteiger partial charge in [-0.1, -0.05) is 30.3 Å². The Morgan fingerprint density at radius 1 is 1.26 bits per heavy atom. The lowest BCUT2D eigenvalue weighted by Gasteiger charge is -2.26. The van der Waals surface area contributed by atoms with Gasteiger partial charge in [0.15, 0.2) is 5.60 Å². The maximum absolute atomic E-state index is 13.8. The summed E-state index contributed by atoms with van der Waals surface area (Å²) >= 11 is 0. The van der Waals surface area contributed by atoms with Gasteiger partial charge in [0.05, 0.1) is 22.9 Å². The zero-order valence-electron chi connectivity index (χ0n) is 14.6. The molecule has 0 fully saturated rings. The van der Waals surface area contributed by atoms with Gasteiger partial charge in [-0.25, -0.2) is 0 Å². The highest BCUT2D eigenvalue weighted by Gasteiger charge is 2.55. The molecule has 1 atom stereocenters. The number of carbonyl (C=O) groups is 1. The number of rotatable bonds is 2. The van der Waals surface area contributed by atoms with Crippen molar-refractivity contribution in [2.75, 3.05) is 4.90 Å². The number of nitriles is 1. The summed E-state index contributed by atoms with van der Waals surface area (Å²) in [6.45, 7) is 6.87. The van der Waals surface area contributed by atoms with Crippen LogP contribution in [0.4, 0.5) is 18.9 Å². The molecule has 2 aromatic carbocycles. The smallest absolute Gasteiger partial charge is 0.372 e. The lowest BCUT2D eigenvalue weighted by atomic mass is 9.81. The van der Waals surface area contributed by atoms with Gasteiger partial charge in [0.25, 0.3) is 5.91 Å². The van der Waals surface area contributed by atoms with Crippen LogP contribution in [0.3, 0.4) is 0 Å². The van der Waals surface area contributed by atoms with Crippen molar-refractivity contribution >= 4 is 11.6 Å². The van der Waals surface area contributed by atoms with Crippen LogP contribution in [0.1, 0.15) is 33.4 Å². The molecule has 1 aliphatic rings. The Kier molecular flexibility index (Phi) is 4.12. The number of aliphatic hydroxyl groups is 1. The van der Waals surface area contributed by atoms with Crippen molar-refractivity contribution in [3.63, 3.8) is 0 Å². The highest BCUT2D eigenvalue weighted by atomic mass is 19.4. The lowest BCUT2D eigenvalue weighted by Crippen LogP contribution is -2.40. The van der Waals surface area contributed by atoms with Gasteiger partial charge in [0, 0.05) is 17.3 Å². The topological polar surface area (TPSA) is 64.3 Å². The number of amides is 1. The van der Waals surface area contributed by atoms with Crippen LogP contribution in [0, 0.1) is 25.2 Å². The van der Waals surface area contributed by atoms with Crippen LogP contribution in [-0.4, -0.2) is 11.0 Å². The maximum Gasteiger partial charge on any atom is 0.416 e. The van der Waals surface area contributed by atoms with E-state index in [2.05, 4.69) is 6.58 Å². The Morgan fingerprint density at radius 2 is 1.93 bits per heavy atom. The van der Waals surface area contributed by atoms with Crippen molar-refractivity contribution in [3.8, 4) is 6.07 Å². The molecule has 1 amide bonds.